The standard InChI is InChI=1S/C19H20N4O7S/c20-17(21)11-4-6-13(7-5-11)22-18(26)12-2-1-3-14(10-12)31(29,30)23-15(19(27)28)8-9-16(24)25/h1-7,10,15,23H,8-9H2,(H3,20,21)(H,22,26)(H,24,25)(H,27,28)/t15-/m0/s1. The van der Waals surface area contributed by atoms with E-state index >= 15 is 0 Å². The van der Waals surface area contributed by atoms with Crippen LogP contribution in [0, 0.1) is 5.41 Å². The number of hydrogen-bond donors (Lipinski definition) is 6. The highest BCUT2D eigenvalue weighted by Crippen LogP contribution is 2.16. The second kappa shape index (κ2) is 9.82. The topological polar surface area (TPSA) is 200 Å². The lowest BCUT2D eigenvalue weighted by Crippen LogP contribution is -2.41. The van der Waals surface area contributed by atoms with E-state index in [1.54, 1.807) is 0 Å². The number of anilines is 1. The normalized spacial score (nSPS) is 12.0. The molecule has 11 nitrogen and oxygen atoms in total. The Balaban J connectivity index is 2.18. The van der Waals surface area contributed by atoms with Gasteiger partial charge in [-0.05, 0) is 48.9 Å². The second-order valence-electron chi connectivity index (χ2n) is 6.42. The smallest absolute Gasteiger partial charge is 0.321 e. The molecule has 0 aliphatic heterocycles. The summed E-state index contributed by atoms with van der Waals surface area (Å²) in [6.45, 7) is 0. The molecule has 0 saturated carbocycles. The van der Waals surface area contributed by atoms with Crippen molar-refractivity contribution < 1.29 is 33.0 Å². The fourth-order valence-electron chi connectivity index (χ4n) is 2.50. The van der Waals surface area contributed by atoms with Crippen molar-refractivity contribution in [2.45, 2.75) is 23.8 Å². The Morgan fingerprint density at radius 1 is 1.03 bits per heavy atom. The van der Waals surface area contributed by atoms with E-state index in [1.807, 2.05) is 4.72 Å². The van der Waals surface area contributed by atoms with Crippen LogP contribution in [0.2, 0.25) is 0 Å². The van der Waals surface area contributed by atoms with E-state index in [0.717, 1.165) is 6.07 Å². The number of carboxylic acids is 2. The molecule has 7 N–H and O–H groups in total. The van der Waals surface area contributed by atoms with Gasteiger partial charge in [-0.15, -0.1) is 0 Å². The fraction of sp³-hybridized carbons (Fsp3) is 0.158. The maximum Gasteiger partial charge on any atom is 0.321 e. The van der Waals surface area contributed by atoms with Crippen LogP contribution in [0.15, 0.2) is 53.4 Å². The molecule has 0 fully saturated rings. The van der Waals surface area contributed by atoms with Gasteiger partial charge in [0.25, 0.3) is 5.91 Å². The maximum atomic E-state index is 12.5. The molecule has 0 saturated heterocycles. The van der Waals surface area contributed by atoms with Gasteiger partial charge in [0.05, 0.1) is 4.90 Å². The van der Waals surface area contributed by atoms with Gasteiger partial charge in [0, 0.05) is 23.2 Å². The van der Waals surface area contributed by atoms with Gasteiger partial charge in [0.2, 0.25) is 10.0 Å². The molecule has 0 aliphatic rings. The number of amides is 1. The minimum atomic E-state index is -4.34. The zero-order valence-corrected chi connectivity index (χ0v) is 16.8. The van der Waals surface area contributed by atoms with Crippen molar-refractivity contribution in [1.82, 2.24) is 4.72 Å². The lowest BCUT2D eigenvalue weighted by molar-refractivity contribution is -0.140. The third kappa shape index (κ3) is 6.62. The summed E-state index contributed by atoms with van der Waals surface area (Å²) in [5, 5.41) is 27.8. The molecule has 0 heterocycles. The second-order valence-corrected chi connectivity index (χ2v) is 8.13. The predicted molar refractivity (Wildman–Crippen MR) is 110 cm³/mol. The average molecular weight is 448 g/mol. The first-order valence-electron chi connectivity index (χ1n) is 8.82. The van der Waals surface area contributed by atoms with Crippen molar-refractivity contribution in [3.63, 3.8) is 0 Å². The first-order chi connectivity index (χ1) is 14.5. The molecule has 164 valence electrons. The van der Waals surface area contributed by atoms with Crippen molar-refractivity contribution in [1.29, 1.82) is 5.41 Å². The Kier molecular flexibility index (Phi) is 7.45. The molecule has 2 aromatic rings. The van der Waals surface area contributed by atoms with Crippen LogP contribution < -0.4 is 15.8 Å². The third-order valence-electron chi connectivity index (χ3n) is 4.10. The number of aliphatic carboxylic acids is 2. The highest BCUT2D eigenvalue weighted by Gasteiger charge is 2.26. The first kappa shape index (κ1) is 23.5. The summed E-state index contributed by atoms with van der Waals surface area (Å²) in [6, 6.07) is 9.41. The Labute approximate surface area is 177 Å². The van der Waals surface area contributed by atoms with Crippen molar-refractivity contribution in [3.8, 4) is 0 Å². The van der Waals surface area contributed by atoms with Crippen LogP contribution in [-0.4, -0.2) is 48.4 Å². The zero-order valence-electron chi connectivity index (χ0n) is 16.0. The van der Waals surface area contributed by atoms with Crippen LogP contribution in [-0.2, 0) is 19.6 Å². The van der Waals surface area contributed by atoms with Gasteiger partial charge in [-0.2, -0.15) is 4.72 Å². The number of nitrogen functional groups attached to an aromatic ring is 1. The van der Waals surface area contributed by atoms with E-state index in [4.69, 9.17) is 21.4 Å². The molecule has 0 unspecified atom stereocenters. The van der Waals surface area contributed by atoms with Gasteiger partial charge >= 0.3 is 11.9 Å². The van der Waals surface area contributed by atoms with Gasteiger partial charge in [0.15, 0.2) is 0 Å². The van der Waals surface area contributed by atoms with E-state index in [-0.39, 0.29) is 16.3 Å². The molecule has 31 heavy (non-hydrogen) atoms. The van der Waals surface area contributed by atoms with E-state index < -0.39 is 46.8 Å². The van der Waals surface area contributed by atoms with E-state index in [2.05, 4.69) is 5.32 Å². The van der Waals surface area contributed by atoms with E-state index in [1.165, 1.54) is 42.5 Å². The van der Waals surface area contributed by atoms with Crippen LogP contribution in [0.4, 0.5) is 5.69 Å². The largest absolute Gasteiger partial charge is 0.481 e. The zero-order chi connectivity index (χ0) is 23.2. The minimum absolute atomic E-state index is 0.00377. The SMILES string of the molecule is N=C(N)c1ccc(NC(=O)c2cccc(S(=O)(=O)N[C@@H](CCC(=O)O)C(=O)O)c2)cc1. The summed E-state index contributed by atoms with van der Waals surface area (Å²) in [5.41, 5.74) is 6.22. The molecule has 1 atom stereocenters. The average Bonchev–Trinajstić information content (AvgIpc) is 2.71. The van der Waals surface area contributed by atoms with Crippen molar-refractivity contribution in [3.05, 3.63) is 59.7 Å². The minimum Gasteiger partial charge on any atom is -0.481 e. The fourth-order valence-corrected chi connectivity index (χ4v) is 3.77. The quantitative estimate of drug-likeness (QED) is 0.226. The summed E-state index contributed by atoms with van der Waals surface area (Å²) >= 11 is 0. The highest BCUT2D eigenvalue weighted by molar-refractivity contribution is 7.89. The number of carbonyl (C=O) groups is 3. The van der Waals surface area contributed by atoms with Gasteiger partial charge in [-0.1, -0.05) is 6.07 Å². The number of carboxylic acid groups (broad SMARTS) is 2. The lowest BCUT2D eigenvalue weighted by Gasteiger charge is -2.14. The number of carbonyl (C=O) groups excluding carboxylic acids is 1. The molecule has 0 aromatic heterocycles. The predicted octanol–water partition coefficient (Wildman–Crippen LogP) is 0.819. The monoisotopic (exact) mass is 448 g/mol. The molecule has 0 radical (unpaired) electrons. The Bertz CT molecular complexity index is 1110. The summed E-state index contributed by atoms with van der Waals surface area (Å²) < 4.78 is 27.0. The van der Waals surface area contributed by atoms with Crippen LogP contribution in [0.25, 0.3) is 0 Å². The summed E-state index contributed by atoms with van der Waals surface area (Å²) in [7, 11) is -4.34. The summed E-state index contributed by atoms with van der Waals surface area (Å²) in [4.78, 5) is 34.0. The Hall–Kier alpha value is -3.77. The Morgan fingerprint density at radius 2 is 1.68 bits per heavy atom. The van der Waals surface area contributed by atoms with Crippen LogP contribution in [0.3, 0.4) is 0 Å². The third-order valence-corrected chi connectivity index (χ3v) is 5.57. The van der Waals surface area contributed by atoms with Crippen LogP contribution >= 0.6 is 0 Å². The molecular formula is C19H20N4O7S. The van der Waals surface area contributed by atoms with Gasteiger partial charge < -0.3 is 21.3 Å². The first-order valence-corrected chi connectivity index (χ1v) is 10.3. The molecule has 0 spiro atoms. The Morgan fingerprint density at radius 3 is 2.23 bits per heavy atom. The lowest BCUT2D eigenvalue weighted by atomic mass is 10.1. The molecule has 0 bridgehead atoms. The molecule has 2 rings (SSSR count). The molecule has 12 heteroatoms. The number of amidine groups is 1. The number of nitrogens with one attached hydrogen (secondary N) is 3. The van der Waals surface area contributed by atoms with Gasteiger partial charge in [-0.3, -0.25) is 19.8 Å². The highest BCUT2D eigenvalue weighted by atomic mass is 32.2. The molecule has 0 aliphatic carbocycles. The molecule has 2 aromatic carbocycles. The number of sulfonamides is 1. The molecular weight excluding hydrogens is 428 g/mol. The van der Waals surface area contributed by atoms with Crippen molar-refractivity contribution in [2.24, 2.45) is 5.73 Å². The van der Waals surface area contributed by atoms with Crippen molar-refractivity contribution >= 4 is 39.4 Å². The van der Waals surface area contributed by atoms with Crippen molar-refractivity contribution in [2.75, 3.05) is 5.32 Å². The number of nitrogens with two attached hydrogens (primary N) is 1. The van der Waals surface area contributed by atoms with E-state index in [0.29, 0.717) is 11.3 Å². The van der Waals surface area contributed by atoms with Gasteiger partial charge in [-0.25, -0.2) is 8.42 Å². The van der Waals surface area contributed by atoms with Crippen LogP contribution in [0.1, 0.15) is 28.8 Å². The number of hydrogen-bond acceptors (Lipinski definition) is 6. The summed E-state index contributed by atoms with van der Waals surface area (Å²) in [6.07, 6.45) is -0.981. The van der Waals surface area contributed by atoms with E-state index in [9.17, 15) is 22.8 Å². The maximum absolute atomic E-state index is 12.5. The number of benzene rings is 2. The van der Waals surface area contributed by atoms with Gasteiger partial charge in [0.1, 0.15) is 11.9 Å². The number of rotatable bonds is 10. The van der Waals surface area contributed by atoms with Crippen LogP contribution in [0.5, 0.6) is 0 Å². The molecule has 1 amide bonds. The summed E-state index contributed by atoms with van der Waals surface area (Å²) in [5.74, 6) is -3.53.